The number of likely N-dealkylation sites (tertiary alicyclic amines) is 2. The SMILES string of the molecule is CN1c2cc(-c3ccccc3)ccc2CN([C@@H]2CCN(C#N)C2)S1(=O)=O.N#CN1CC[C@@H](N2Cc3ccc(-c4ccccc4)cc3NS2(=O)=O)C1. The van der Waals surface area contributed by atoms with E-state index >= 15 is 0 Å². The first kappa shape index (κ1) is 34.3. The molecule has 4 heterocycles. The Balaban J connectivity index is 0.000000159. The molecule has 1 N–H and O–H groups in total. The monoisotopic (exact) mass is 722 g/mol. The maximum atomic E-state index is 13.1. The van der Waals surface area contributed by atoms with Crippen LogP contribution in [0.25, 0.3) is 22.3 Å². The Hall–Kier alpha value is -5.12. The normalized spacial score (nSPS) is 22.1. The minimum absolute atomic E-state index is 0.163. The summed E-state index contributed by atoms with van der Waals surface area (Å²) in [5.74, 6) is 0. The van der Waals surface area contributed by atoms with E-state index < -0.39 is 20.4 Å². The molecular formula is C37H38N8O4S2. The van der Waals surface area contributed by atoms with Gasteiger partial charge in [0, 0.05) is 58.4 Å². The fourth-order valence-corrected chi connectivity index (χ4v) is 10.2. The number of nitriles is 2. The third-order valence-electron chi connectivity index (χ3n) is 10.0. The summed E-state index contributed by atoms with van der Waals surface area (Å²) >= 11 is 0. The number of nitrogens with zero attached hydrogens (tertiary/aromatic N) is 7. The topological polar surface area (TPSA) is 144 Å². The molecule has 0 bridgehead atoms. The molecular weight excluding hydrogens is 685 g/mol. The van der Waals surface area contributed by atoms with Gasteiger partial charge in [0.2, 0.25) is 0 Å². The molecule has 2 saturated heterocycles. The molecule has 8 rings (SSSR count). The average Bonchev–Trinajstić information content (AvgIpc) is 3.83. The molecule has 14 heteroatoms. The van der Waals surface area contributed by atoms with Crippen molar-refractivity contribution in [2.45, 2.75) is 38.0 Å². The number of hydrogen-bond donors (Lipinski definition) is 1. The Bertz CT molecular complexity index is 2220. The molecule has 4 aromatic carbocycles. The molecule has 0 unspecified atom stereocenters. The van der Waals surface area contributed by atoms with Crippen molar-refractivity contribution in [3.63, 3.8) is 0 Å². The van der Waals surface area contributed by atoms with Crippen LogP contribution < -0.4 is 9.03 Å². The van der Waals surface area contributed by atoms with Crippen LogP contribution in [-0.4, -0.2) is 80.6 Å². The van der Waals surface area contributed by atoms with Crippen molar-refractivity contribution in [2.24, 2.45) is 0 Å². The van der Waals surface area contributed by atoms with E-state index in [-0.39, 0.29) is 12.1 Å². The van der Waals surface area contributed by atoms with Crippen LogP contribution in [0.1, 0.15) is 24.0 Å². The lowest BCUT2D eigenvalue weighted by atomic mass is 10.0. The van der Waals surface area contributed by atoms with Gasteiger partial charge in [-0.3, -0.25) is 9.03 Å². The predicted molar refractivity (Wildman–Crippen MR) is 196 cm³/mol. The number of hydrogen-bond acceptors (Lipinski definition) is 8. The Kier molecular flexibility index (Phi) is 9.35. The quantitative estimate of drug-likeness (QED) is 0.297. The molecule has 262 valence electrons. The van der Waals surface area contributed by atoms with E-state index in [1.165, 1.54) is 12.9 Å². The first-order valence-corrected chi connectivity index (χ1v) is 19.6. The zero-order valence-corrected chi connectivity index (χ0v) is 29.8. The molecule has 4 aromatic rings. The van der Waals surface area contributed by atoms with E-state index in [1.807, 2.05) is 97.1 Å². The second-order valence-corrected chi connectivity index (χ2v) is 16.6. The second kappa shape index (κ2) is 13.9. The minimum Gasteiger partial charge on any atom is -0.309 e. The first-order valence-electron chi connectivity index (χ1n) is 16.8. The summed E-state index contributed by atoms with van der Waals surface area (Å²) in [5, 5.41) is 18.1. The predicted octanol–water partition coefficient (Wildman–Crippen LogP) is 4.79. The van der Waals surface area contributed by atoms with Crippen molar-refractivity contribution in [3.8, 4) is 34.6 Å². The number of nitrogens with one attached hydrogen (secondary N) is 1. The van der Waals surface area contributed by atoms with Gasteiger partial charge in [0.25, 0.3) is 0 Å². The van der Waals surface area contributed by atoms with E-state index in [9.17, 15) is 16.8 Å². The highest BCUT2D eigenvalue weighted by Crippen LogP contribution is 2.37. The molecule has 0 aromatic heterocycles. The third kappa shape index (κ3) is 6.83. The van der Waals surface area contributed by atoms with Crippen LogP contribution in [0.3, 0.4) is 0 Å². The highest BCUT2D eigenvalue weighted by Gasteiger charge is 2.41. The Morgan fingerprint density at radius 1 is 0.647 bits per heavy atom. The first-order chi connectivity index (χ1) is 24.6. The van der Waals surface area contributed by atoms with Crippen LogP contribution in [0.5, 0.6) is 0 Å². The molecule has 4 aliphatic rings. The molecule has 2 atom stereocenters. The molecule has 0 spiro atoms. The van der Waals surface area contributed by atoms with E-state index in [0.717, 1.165) is 39.1 Å². The van der Waals surface area contributed by atoms with Gasteiger partial charge in [0.1, 0.15) is 0 Å². The summed E-state index contributed by atoms with van der Waals surface area (Å²) in [6.45, 7) is 2.81. The third-order valence-corrected chi connectivity index (χ3v) is 13.4. The summed E-state index contributed by atoms with van der Waals surface area (Å²) in [6.07, 6.45) is 5.56. The molecule has 4 aliphatic heterocycles. The van der Waals surface area contributed by atoms with Crippen LogP contribution in [-0.2, 0) is 33.5 Å². The summed E-state index contributed by atoms with van der Waals surface area (Å²) in [7, 11) is -5.60. The van der Waals surface area contributed by atoms with Crippen LogP contribution in [0.4, 0.5) is 11.4 Å². The van der Waals surface area contributed by atoms with Crippen LogP contribution in [0, 0.1) is 22.9 Å². The van der Waals surface area contributed by atoms with Crippen LogP contribution in [0.15, 0.2) is 97.1 Å². The lowest BCUT2D eigenvalue weighted by molar-refractivity contribution is 0.309. The molecule has 0 aliphatic carbocycles. The largest absolute Gasteiger partial charge is 0.309 e. The van der Waals surface area contributed by atoms with Crippen molar-refractivity contribution >= 4 is 31.8 Å². The molecule has 12 nitrogen and oxygen atoms in total. The number of fused-ring (bicyclic) bond motifs is 2. The second-order valence-electron chi connectivity index (χ2n) is 13.1. The van der Waals surface area contributed by atoms with Gasteiger partial charge in [-0.15, -0.1) is 0 Å². The lowest BCUT2D eigenvalue weighted by Gasteiger charge is -2.38. The fraction of sp³-hybridized carbons (Fsp3) is 0.297. The van der Waals surface area contributed by atoms with Gasteiger partial charge in [-0.1, -0.05) is 84.9 Å². The summed E-state index contributed by atoms with van der Waals surface area (Å²) in [6, 6.07) is 31.3. The fourth-order valence-electron chi connectivity index (χ4n) is 7.18. The summed E-state index contributed by atoms with van der Waals surface area (Å²) in [5.41, 5.74) is 7.37. The summed E-state index contributed by atoms with van der Waals surface area (Å²) < 4.78 is 58.6. The number of anilines is 2. The van der Waals surface area contributed by atoms with Crippen molar-refractivity contribution < 1.29 is 16.8 Å². The number of rotatable bonds is 4. The molecule has 51 heavy (non-hydrogen) atoms. The van der Waals surface area contributed by atoms with Gasteiger partial charge < -0.3 is 9.80 Å². The van der Waals surface area contributed by atoms with Gasteiger partial charge in [0.05, 0.1) is 11.4 Å². The minimum atomic E-state index is -3.60. The van der Waals surface area contributed by atoms with Gasteiger partial charge >= 0.3 is 20.4 Å². The summed E-state index contributed by atoms with van der Waals surface area (Å²) in [4.78, 5) is 3.22. The Labute approximate surface area is 299 Å². The number of benzene rings is 4. The zero-order valence-electron chi connectivity index (χ0n) is 28.1. The average molecular weight is 723 g/mol. The van der Waals surface area contributed by atoms with E-state index in [4.69, 9.17) is 10.5 Å². The molecule has 0 saturated carbocycles. The maximum absolute atomic E-state index is 13.1. The van der Waals surface area contributed by atoms with Crippen molar-refractivity contribution in [2.75, 3.05) is 42.3 Å². The van der Waals surface area contributed by atoms with Crippen LogP contribution in [0.2, 0.25) is 0 Å². The molecule has 0 radical (unpaired) electrons. The highest BCUT2D eigenvalue weighted by molar-refractivity contribution is 7.90. The maximum Gasteiger partial charge on any atom is 0.304 e. The van der Waals surface area contributed by atoms with Crippen molar-refractivity contribution in [1.29, 1.82) is 10.5 Å². The van der Waals surface area contributed by atoms with E-state index in [1.54, 1.807) is 16.8 Å². The van der Waals surface area contributed by atoms with Gasteiger partial charge in [-0.25, -0.2) is 0 Å². The standard InChI is InChI=1S/C19H20N4O2S.C18H18N4O2S/c1-21-19-11-16(15-5-3-2-4-6-15)7-8-17(19)12-23(26(21,24)25)18-9-10-22(13-18)14-20;19-13-21-9-8-17(12-21)22-11-16-7-6-15(14-4-2-1-3-5-14)10-18(16)20-25(22,23)24/h2-8,11,18H,9-10,12-13H2,1H3;1-7,10,17,20H,8-9,11-12H2/t18-;17-/m11/s1. The Morgan fingerprint density at radius 3 is 1.71 bits per heavy atom. The Morgan fingerprint density at radius 2 is 1.16 bits per heavy atom. The van der Waals surface area contributed by atoms with Gasteiger partial charge in [-0.2, -0.15) is 36.0 Å². The lowest BCUT2D eigenvalue weighted by Crippen LogP contribution is -2.50. The molecule has 0 amide bonds. The van der Waals surface area contributed by atoms with E-state index in [0.29, 0.717) is 57.8 Å². The smallest absolute Gasteiger partial charge is 0.304 e. The van der Waals surface area contributed by atoms with Crippen molar-refractivity contribution in [1.82, 2.24) is 18.4 Å². The molecule has 2 fully saturated rings. The zero-order chi connectivity index (χ0) is 35.8. The highest BCUT2D eigenvalue weighted by atomic mass is 32.2. The van der Waals surface area contributed by atoms with Gasteiger partial charge in [0.15, 0.2) is 12.4 Å². The van der Waals surface area contributed by atoms with E-state index in [2.05, 4.69) is 17.1 Å². The van der Waals surface area contributed by atoms with Crippen molar-refractivity contribution in [3.05, 3.63) is 108 Å². The van der Waals surface area contributed by atoms with Crippen LogP contribution >= 0.6 is 0 Å². The van der Waals surface area contributed by atoms with Gasteiger partial charge in [-0.05, 0) is 58.4 Å².